The summed E-state index contributed by atoms with van der Waals surface area (Å²) in [6.07, 6.45) is 4.41. The standard InChI is InChI=1S/C14H17FN2O3/c1-9(10-4-2-3-5-10)16-14(18)12-8-11(17(19)20)6-7-13(12)15/h6-10H,2-5H2,1H3,(H,16,18). The van der Waals surface area contributed by atoms with Crippen LogP contribution in [0.4, 0.5) is 10.1 Å². The lowest BCUT2D eigenvalue weighted by Crippen LogP contribution is -2.37. The molecule has 2 rings (SSSR count). The van der Waals surface area contributed by atoms with Gasteiger partial charge in [-0.05, 0) is 31.7 Å². The molecule has 0 radical (unpaired) electrons. The van der Waals surface area contributed by atoms with E-state index in [1.54, 1.807) is 0 Å². The van der Waals surface area contributed by atoms with Crippen LogP contribution in [0.3, 0.4) is 0 Å². The van der Waals surface area contributed by atoms with Crippen molar-refractivity contribution in [2.45, 2.75) is 38.6 Å². The zero-order chi connectivity index (χ0) is 14.7. The molecule has 1 aliphatic carbocycles. The number of carbonyl (C=O) groups is 1. The number of hydrogen-bond acceptors (Lipinski definition) is 3. The number of nitrogens with zero attached hydrogens (tertiary/aromatic N) is 1. The fraction of sp³-hybridized carbons (Fsp3) is 0.500. The first-order chi connectivity index (χ1) is 9.49. The van der Waals surface area contributed by atoms with Crippen molar-refractivity contribution < 1.29 is 14.1 Å². The van der Waals surface area contributed by atoms with Gasteiger partial charge in [0.25, 0.3) is 11.6 Å². The molecule has 0 bridgehead atoms. The van der Waals surface area contributed by atoms with Crippen molar-refractivity contribution in [1.29, 1.82) is 0 Å². The van der Waals surface area contributed by atoms with Crippen molar-refractivity contribution in [2.24, 2.45) is 5.92 Å². The average Bonchev–Trinajstić information content (AvgIpc) is 2.92. The van der Waals surface area contributed by atoms with E-state index in [4.69, 9.17) is 0 Å². The first-order valence-electron chi connectivity index (χ1n) is 6.74. The Labute approximate surface area is 116 Å². The summed E-state index contributed by atoms with van der Waals surface area (Å²) in [5.41, 5.74) is -0.561. The molecule has 1 atom stereocenters. The van der Waals surface area contributed by atoms with Crippen LogP contribution in [0.1, 0.15) is 43.0 Å². The number of non-ortho nitro benzene ring substituents is 1. The molecule has 5 nitrogen and oxygen atoms in total. The second kappa shape index (κ2) is 5.98. The highest BCUT2D eigenvalue weighted by Gasteiger charge is 2.24. The number of nitrogens with one attached hydrogen (secondary N) is 1. The van der Waals surface area contributed by atoms with E-state index in [-0.39, 0.29) is 17.3 Å². The molecular weight excluding hydrogens is 263 g/mol. The fourth-order valence-electron chi connectivity index (χ4n) is 2.66. The molecule has 0 spiro atoms. The van der Waals surface area contributed by atoms with Gasteiger partial charge in [0, 0.05) is 18.2 Å². The number of hydrogen-bond donors (Lipinski definition) is 1. The van der Waals surface area contributed by atoms with Gasteiger partial charge >= 0.3 is 0 Å². The minimum atomic E-state index is -0.744. The summed E-state index contributed by atoms with van der Waals surface area (Å²) in [4.78, 5) is 22.1. The minimum absolute atomic E-state index is 0.0522. The Kier molecular flexibility index (Phi) is 4.32. The maximum atomic E-state index is 13.6. The summed E-state index contributed by atoms with van der Waals surface area (Å²) >= 11 is 0. The highest BCUT2D eigenvalue weighted by atomic mass is 19.1. The van der Waals surface area contributed by atoms with Crippen molar-refractivity contribution in [3.8, 4) is 0 Å². The predicted octanol–water partition coefficient (Wildman–Crippen LogP) is 3.04. The fourth-order valence-corrected chi connectivity index (χ4v) is 2.66. The van der Waals surface area contributed by atoms with Crippen LogP contribution in [-0.2, 0) is 0 Å². The van der Waals surface area contributed by atoms with E-state index in [9.17, 15) is 19.3 Å². The Morgan fingerprint density at radius 1 is 1.45 bits per heavy atom. The van der Waals surface area contributed by atoms with Gasteiger partial charge in [0.2, 0.25) is 0 Å². The van der Waals surface area contributed by atoms with E-state index in [0.29, 0.717) is 5.92 Å². The molecule has 1 aromatic carbocycles. The Morgan fingerprint density at radius 3 is 2.70 bits per heavy atom. The highest BCUT2D eigenvalue weighted by molar-refractivity contribution is 5.95. The molecule has 1 saturated carbocycles. The number of nitro benzene ring substituents is 1. The zero-order valence-corrected chi connectivity index (χ0v) is 11.3. The molecule has 0 heterocycles. The van der Waals surface area contributed by atoms with Crippen molar-refractivity contribution in [3.05, 3.63) is 39.7 Å². The summed E-state index contributed by atoms with van der Waals surface area (Å²) in [6, 6.07) is 2.93. The quantitative estimate of drug-likeness (QED) is 0.680. The van der Waals surface area contributed by atoms with Crippen molar-refractivity contribution in [2.75, 3.05) is 0 Å². The summed E-state index contributed by atoms with van der Waals surface area (Å²) in [7, 11) is 0. The second-order valence-corrected chi connectivity index (χ2v) is 5.23. The number of rotatable bonds is 4. The molecule has 108 valence electrons. The molecule has 20 heavy (non-hydrogen) atoms. The van der Waals surface area contributed by atoms with E-state index < -0.39 is 16.6 Å². The van der Waals surface area contributed by atoms with Gasteiger partial charge in [0.15, 0.2) is 0 Å². The lowest BCUT2D eigenvalue weighted by atomic mass is 9.99. The predicted molar refractivity (Wildman–Crippen MR) is 71.9 cm³/mol. The normalized spacial score (nSPS) is 16.9. The average molecular weight is 280 g/mol. The summed E-state index contributed by atoms with van der Waals surface area (Å²) in [6.45, 7) is 1.89. The molecule has 1 aliphatic rings. The van der Waals surface area contributed by atoms with Crippen molar-refractivity contribution in [1.82, 2.24) is 5.32 Å². The Hall–Kier alpha value is -1.98. The van der Waals surface area contributed by atoms with Crippen molar-refractivity contribution >= 4 is 11.6 Å². The molecule has 0 aliphatic heterocycles. The third-order valence-corrected chi connectivity index (χ3v) is 3.87. The lowest BCUT2D eigenvalue weighted by Gasteiger charge is -2.20. The monoisotopic (exact) mass is 280 g/mol. The van der Waals surface area contributed by atoms with Gasteiger partial charge in [-0.15, -0.1) is 0 Å². The molecule has 1 fully saturated rings. The van der Waals surface area contributed by atoms with Gasteiger partial charge in [-0.1, -0.05) is 12.8 Å². The topological polar surface area (TPSA) is 72.2 Å². The molecular formula is C14H17FN2O3. The van der Waals surface area contributed by atoms with E-state index >= 15 is 0 Å². The van der Waals surface area contributed by atoms with Crippen LogP contribution in [0.2, 0.25) is 0 Å². The summed E-state index contributed by atoms with van der Waals surface area (Å²) in [5.74, 6) is -0.932. The molecule has 1 N–H and O–H groups in total. The lowest BCUT2D eigenvalue weighted by molar-refractivity contribution is -0.384. The highest BCUT2D eigenvalue weighted by Crippen LogP contribution is 2.27. The molecule has 1 aromatic rings. The van der Waals surface area contributed by atoms with E-state index in [2.05, 4.69) is 5.32 Å². The van der Waals surface area contributed by atoms with Crippen LogP contribution >= 0.6 is 0 Å². The summed E-state index contributed by atoms with van der Waals surface area (Å²) in [5, 5.41) is 13.4. The Balaban J connectivity index is 2.11. The second-order valence-electron chi connectivity index (χ2n) is 5.23. The van der Waals surface area contributed by atoms with Crippen LogP contribution in [-0.4, -0.2) is 16.9 Å². The first kappa shape index (κ1) is 14.4. The third kappa shape index (κ3) is 3.12. The smallest absolute Gasteiger partial charge is 0.270 e. The third-order valence-electron chi connectivity index (χ3n) is 3.87. The maximum Gasteiger partial charge on any atom is 0.270 e. The van der Waals surface area contributed by atoms with Gasteiger partial charge in [0.1, 0.15) is 5.82 Å². The van der Waals surface area contributed by atoms with E-state index in [1.807, 2.05) is 6.92 Å². The Bertz CT molecular complexity index is 527. The van der Waals surface area contributed by atoms with Crippen LogP contribution in [0, 0.1) is 21.8 Å². The molecule has 1 unspecified atom stereocenters. The largest absolute Gasteiger partial charge is 0.349 e. The number of halogens is 1. The first-order valence-corrected chi connectivity index (χ1v) is 6.74. The SMILES string of the molecule is CC(NC(=O)c1cc([N+](=O)[O-])ccc1F)C1CCCC1. The van der Waals surface area contributed by atoms with Gasteiger partial charge in [-0.3, -0.25) is 14.9 Å². The molecule has 1 amide bonds. The molecule has 6 heteroatoms. The number of carbonyl (C=O) groups excluding carboxylic acids is 1. The van der Waals surface area contributed by atoms with Crippen LogP contribution in [0.25, 0.3) is 0 Å². The van der Waals surface area contributed by atoms with Crippen LogP contribution in [0.15, 0.2) is 18.2 Å². The van der Waals surface area contributed by atoms with E-state index in [0.717, 1.165) is 43.9 Å². The van der Waals surface area contributed by atoms with Gasteiger partial charge in [-0.2, -0.15) is 0 Å². The van der Waals surface area contributed by atoms with E-state index in [1.165, 1.54) is 0 Å². The minimum Gasteiger partial charge on any atom is -0.349 e. The maximum absolute atomic E-state index is 13.6. The summed E-state index contributed by atoms with van der Waals surface area (Å²) < 4.78 is 13.6. The van der Waals surface area contributed by atoms with Crippen LogP contribution in [0.5, 0.6) is 0 Å². The van der Waals surface area contributed by atoms with Crippen LogP contribution < -0.4 is 5.32 Å². The molecule has 0 aromatic heterocycles. The van der Waals surface area contributed by atoms with Gasteiger partial charge in [0.05, 0.1) is 10.5 Å². The molecule has 0 saturated heterocycles. The number of nitro groups is 1. The van der Waals surface area contributed by atoms with Crippen molar-refractivity contribution in [3.63, 3.8) is 0 Å². The number of amides is 1. The number of benzene rings is 1. The zero-order valence-electron chi connectivity index (χ0n) is 11.3. The van der Waals surface area contributed by atoms with Gasteiger partial charge in [-0.25, -0.2) is 4.39 Å². The van der Waals surface area contributed by atoms with Gasteiger partial charge < -0.3 is 5.32 Å². The Morgan fingerprint density at radius 2 is 2.10 bits per heavy atom.